The minimum Gasteiger partial charge on any atom is -0.372 e. The molecule has 0 saturated carbocycles. The summed E-state index contributed by atoms with van der Waals surface area (Å²) in [6.45, 7) is 5.28. The van der Waals surface area contributed by atoms with Crippen molar-refractivity contribution in [3.8, 4) is 0 Å². The van der Waals surface area contributed by atoms with Crippen molar-refractivity contribution >= 4 is 22.4 Å². The average Bonchev–Trinajstić information content (AvgIpc) is 2.68. The molecule has 88 valence electrons. The number of ether oxygens (including phenoxy) is 1. The van der Waals surface area contributed by atoms with E-state index in [1.165, 1.54) is 11.3 Å². The van der Waals surface area contributed by atoms with Gasteiger partial charge in [0.05, 0.1) is 17.2 Å². The highest BCUT2D eigenvalue weighted by Crippen LogP contribution is 2.17. The highest BCUT2D eigenvalue weighted by Gasteiger charge is 2.25. The fourth-order valence-electron chi connectivity index (χ4n) is 1.88. The van der Waals surface area contributed by atoms with Gasteiger partial charge in [-0.3, -0.25) is 5.32 Å². The summed E-state index contributed by atoms with van der Waals surface area (Å²) in [5.41, 5.74) is 0. The van der Waals surface area contributed by atoms with Gasteiger partial charge in [0, 0.05) is 13.1 Å². The van der Waals surface area contributed by atoms with Crippen molar-refractivity contribution in [3.63, 3.8) is 0 Å². The molecule has 0 bridgehead atoms. The third-order valence-electron chi connectivity index (χ3n) is 2.46. The lowest BCUT2D eigenvalue weighted by atomic mass is 10.2. The van der Waals surface area contributed by atoms with E-state index < -0.39 is 0 Å². The largest absolute Gasteiger partial charge is 0.372 e. The quantitative estimate of drug-likeness (QED) is 0.819. The van der Waals surface area contributed by atoms with Gasteiger partial charge in [0.25, 0.3) is 0 Å². The molecule has 1 saturated heterocycles. The van der Waals surface area contributed by atoms with E-state index in [9.17, 15) is 4.79 Å². The van der Waals surface area contributed by atoms with Gasteiger partial charge in [-0.05, 0) is 31.4 Å². The van der Waals surface area contributed by atoms with E-state index in [1.807, 2.05) is 31.4 Å². The molecule has 0 aromatic carbocycles. The highest BCUT2D eigenvalue weighted by molar-refractivity contribution is 7.14. The minimum absolute atomic E-state index is 0.0375. The third-order valence-corrected chi connectivity index (χ3v) is 3.24. The van der Waals surface area contributed by atoms with Crippen LogP contribution in [0, 0.1) is 0 Å². The minimum atomic E-state index is -0.0375. The van der Waals surface area contributed by atoms with Gasteiger partial charge in [0.15, 0.2) is 0 Å². The molecule has 2 heterocycles. The number of morpholine rings is 1. The van der Waals surface area contributed by atoms with E-state index >= 15 is 0 Å². The Hall–Kier alpha value is -1.07. The molecule has 0 aliphatic carbocycles. The normalized spacial score (nSPS) is 25.5. The highest BCUT2D eigenvalue weighted by atomic mass is 32.1. The van der Waals surface area contributed by atoms with Gasteiger partial charge in [-0.15, -0.1) is 11.3 Å². The van der Waals surface area contributed by atoms with E-state index in [2.05, 4.69) is 5.32 Å². The van der Waals surface area contributed by atoms with E-state index in [0.29, 0.717) is 13.1 Å². The lowest BCUT2D eigenvalue weighted by Gasteiger charge is -2.35. The van der Waals surface area contributed by atoms with Crippen molar-refractivity contribution in [2.75, 3.05) is 18.4 Å². The van der Waals surface area contributed by atoms with Crippen LogP contribution in [0.2, 0.25) is 0 Å². The molecule has 16 heavy (non-hydrogen) atoms. The Morgan fingerprint density at radius 3 is 2.75 bits per heavy atom. The summed E-state index contributed by atoms with van der Waals surface area (Å²) < 4.78 is 5.58. The standard InChI is InChI=1S/C11H16N2O2S/c1-8-6-13(7-9(2)15-8)11(14)12-10-4-3-5-16-10/h3-5,8-9H,6-7H2,1-2H3,(H,12,14). The molecule has 4 nitrogen and oxygen atoms in total. The second-order valence-electron chi connectivity index (χ2n) is 4.07. The number of carbonyl (C=O) groups excluding carboxylic acids is 1. The van der Waals surface area contributed by atoms with Crippen LogP contribution >= 0.6 is 11.3 Å². The molecular weight excluding hydrogens is 224 g/mol. The summed E-state index contributed by atoms with van der Waals surface area (Å²) in [5, 5.41) is 5.71. The summed E-state index contributed by atoms with van der Waals surface area (Å²) >= 11 is 1.53. The number of rotatable bonds is 1. The second kappa shape index (κ2) is 4.84. The first-order valence-electron chi connectivity index (χ1n) is 5.40. The van der Waals surface area contributed by atoms with Crippen LogP contribution < -0.4 is 5.32 Å². The monoisotopic (exact) mass is 240 g/mol. The fraction of sp³-hybridized carbons (Fsp3) is 0.545. The van der Waals surface area contributed by atoms with Gasteiger partial charge in [-0.1, -0.05) is 0 Å². The molecular formula is C11H16N2O2S. The van der Waals surface area contributed by atoms with Crippen LogP contribution in [0.5, 0.6) is 0 Å². The van der Waals surface area contributed by atoms with E-state index in [0.717, 1.165) is 5.00 Å². The van der Waals surface area contributed by atoms with Crippen molar-refractivity contribution in [2.45, 2.75) is 26.1 Å². The van der Waals surface area contributed by atoms with Gasteiger partial charge in [0.1, 0.15) is 0 Å². The molecule has 2 unspecified atom stereocenters. The number of hydrogen-bond donors (Lipinski definition) is 1. The van der Waals surface area contributed by atoms with Crippen LogP contribution in [0.25, 0.3) is 0 Å². The maximum Gasteiger partial charge on any atom is 0.322 e. The van der Waals surface area contributed by atoms with Crippen molar-refractivity contribution in [2.24, 2.45) is 0 Å². The molecule has 1 fully saturated rings. The van der Waals surface area contributed by atoms with Crippen molar-refractivity contribution in [1.82, 2.24) is 4.90 Å². The molecule has 0 radical (unpaired) electrons. The first-order valence-corrected chi connectivity index (χ1v) is 6.28. The summed E-state index contributed by atoms with van der Waals surface area (Å²) in [4.78, 5) is 13.7. The van der Waals surface area contributed by atoms with Crippen LogP contribution in [0.1, 0.15) is 13.8 Å². The van der Waals surface area contributed by atoms with E-state index in [4.69, 9.17) is 4.74 Å². The maximum atomic E-state index is 11.9. The summed E-state index contributed by atoms with van der Waals surface area (Å²) in [7, 11) is 0. The first-order chi connectivity index (χ1) is 7.65. The third kappa shape index (κ3) is 2.74. The predicted octanol–water partition coefficient (Wildman–Crippen LogP) is 2.39. The Kier molecular flexibility index (Phi) is 3.46. The van der Waals surface area contributed by atoms with Crippen molar-refractivity contribution in [1.29, 1.82) is 0 Å². The first kappa shape index (κ1) is 11.4. The molecule has 0 spiro atoms. The smallest absolute Gasteiger partial charge is 0.322 e. The Bertz CT molecular complexity index is 343. The van der Waals surface area contributed by atoms with Crippen LogP contribution in [0.4, 0.5) is 9.80 Å². The number of urea groups is 1. The molecule has 1 N–H and O–H groups in total. The number of anilines is 1. The SMILES string of the molecule is CC1CN(C(=O)Nc2cccs2)CC(C)O1. The number of carbonyl (C=O) groups is 1. The Morgan fingerprint density at radius 1 is 1.50 bits per heavy atom. The summed E-state index contributed by atoms with van der Waals surface area (Å²) in [5.74, 6) is 0. The fourth-order valence-corrected chi connectivity index (χ4v) is 2.48. The topological polar surface area (TPSA) is 41.6 Å². The predicted molar refractivity (Wildman–Crippen MR) is 64.9 cm³/mol. The number of amides is 2. The molecule has 1 aliphatic rings. The van der Waals surface area contributed by atoms with Gasteiger partial charge in [0.2, 0.25) is 0 Å². The molecule has 1 aromatic rings. The van der Waals surface area contributed by atoms with Gasteiger partial charge < -0.3 is 9.64 Å². The van der Waals surface area contributed by atoms with Gasteiger partial charge in [-0.2, -0.15) is 0 Å². The number of nitrogens with zero attached hydrogens (tertiary/aromatic N) is 1. The van der Waals surface area contributed by atoms with Crippen LogP contribution in [-0.4, -0.2) is 36.2 Å². The molecule has 2 amide bonds. The van der Waals surface area contributed by atoms with Gasteiger partial charge in [-0.25, -0.2) is 4.79 Å². The number of nitrogens with one attached hydrogen (secondary N) is 1. The Morgan fingerprint density at radius 2 is 2.19 bits per heavy atom. The van der Waals surface area contributed by atoms with Crippen molar-refractivity contribution < 1.29 is 9.53 Å². The zero-order valence-electron chi connectivity index (χ0n) is 9.47. The Balaban J connectivity index is 1.94. The molecule has 5 heteroatoms. The maximum absolute atomic E-state index is 11.9. The van der Waals surface area contributed by atoms with Crippen molar-refractivity contribution in [3.05, 3.63) is 17.5 Å². The van der Waals surface area contributed by atoms with E-state index in [-0.39, 0.29) is 18.2 Å². The molecule has 1 aliphatic heterocycles. The zero-order chi connectivity index (χ0) is 11.5. The zero-order valence-corrected chi connectivity index (χ0v) is 10.3. The van der Waals surface area contributed by atoms with Crippen LogP contribution in [-0.2, 0) is 4.74 Å². The molecule has 2 rings (SSSR count). The molecule has 2 atom stereocenters. The van der Waals surface area contributed by atoms with Crippen LogP contribution in [0.15, 0.2) is 17.5 Å². The lowest BCUT2D eigenvalue weighted by Crippen LogP contribution is -2.49. The number of hydrogen-bond acceptors (Lipinski definition) is 3. The molecule has 1 aromatic heterocycles. The summed E-state index contributed by atoms with van der Waals surface area (Å²) in [6, 6.07) is 3.78. The number of thiophene rings is 1. The lowest BCUT2D eigenvalue weighted by molar-refractivity contribution is -0.0530. The summed E-state index contributed by atoms with van der Waals surface area (Å²) in [6.07, 6.45) is 0.218. The van der Waals surface area contributed by atoms with E-state index in [1.54, 1.807) is 4.90 Å². The second-order valence-corrected chi connectivity index (χ2v) is 5.02. The van der Waals surface area contributed by atoms with Crippen LogP contribution in [0.3, 0.4) is 0 Å². The van der Waals surface area contributed by atoms with Gasteiger partial charge >= 0.3 is 6.03 Å². The average molecular weight is 240 g/mol. The Labute approximate surface area is 99.2 Å².